The van der Waals surface area contributed by atoms with Crippen LogP contribution in [0.25, 0.3) is 0 Å². The molecule has 1 saturated heterocycles. The second-order valence-corrected chi connectivity index (χ2v) is 6.29. The summed E-state index contributed by atoms with van der Waals surface area (Å²) in [4.78, 5) is 4.45. The molecule has 1 aliphatic heterocycles. The van der Waals surface area contributed by atoms with Gasteiger partial charge in [0.2, 0.25) is 0 Å². The van der Waals surface area contributed by atoms with Crippen molar-refractivity contribution in [2.75, 3.05) is 13.2 Å². The van der Waals surface area contributed by atoms with Crippen molar-refractivity contribution in [2.24, 2.45) is 0 Å². The molecule has 1 fully saturated rings. The van der Waals surface area contributed by atoms with Gasteiger partial charge in [-0.15, -0.1) is 0 Å². The van der Waals surface area contributed by atoms with Crippen molar-refractivity contribution >= 4 is 0 Å². The predicted octanol–water partition coefficient (Wildman–Crippen LogP) is 2.73. The van der Waals surface area contributed by atoms with Crippen LogP contribution in [-0.4, -0.2) is 40.1 Å². The highest BCUT2D eigenvalue weighted by Crippen LogP contribution is 2.19. The van der Waals surface area contributed by atoms with E-state index in [1.807, 2.05) is 4.68 Å². The van der Waals surface area contributed by atoms with Gasteiger partial charge in [-0.3, -0.25) is 0 Å². The van der Waals surface area contributed by atoms with Crippen LogP contribution in [0.5, 0.6) is 0 Å². The first-order valence-electron chi connectivity index (χ1n) is 8.44. The summed E-state index contributed by atoms with van der Waals surface area (Å²) in [6, 6.07) is 0.787. The SMILES string of the molecule is CCCNC(Cc1ncnn1C(C)C)CC1CCCCO1. The Bertz CT molecular complexity index is 399. The zero-order valence-electron chi connectivity index (χ0n) is 13.7. The lowest BCUT2D eigenvalue weighted by molar-refractivity contribution is 0.00509. The maximum Gasteiger partial charge on any atom is 0.138 e. The van der Waals surface area contributed by atoms with E-state index in [1.54, 1.807) is 6.33 Å². The molecule has 120 valence electrons. The Balaban J connectivity index is 1.95. The van der Waals surface area contributed by atoms with Crippen molar-refractivity contribution < 1.29 is 4.74 Å². The zero-order valence-corrected chi connectivity index (χ0v) is 13.7. The van der Waals surface area contributed by atoms with Gasteiger partial charge in [-0.05, 0) is 52.5 Å². The van der Waals surface area contributed by atoms with E-state index < -0.39 is 0 Å². The molecule has 0 saturated carbocycles. The molecule has 0 aliphatic carbocycles. The first-order valence-corrected chi connectivity index (χ1v) is 8.44. The number of rotatable bonds is 8. The second kappa shape index (κ2) is 8.49. The van der Waals surface area contributed by atoms with E-state index in [2.05, 4.69) is 36.2 Å². The van der Waals surface area contributed by atoms with Crippen LogP contribution in [-0.2, 0) is 11.2 Å². The molecule has 0 radical (unpaired) electrons. The number of nitrogens with zero attached hydrogens (tertiary/aromatic N) is 3. The molecule has 0 bridgehead atoms. The molecule has 0 aromatic carbocycles. The molecule has 0 amide bonds. The molecule has 1 aliphatic rings. The second-order valence-electron chi connectivity index (χ2n) is 6.29. The van der Waals surface area contributed by atoms with Gasteiger partial charge < -0.3 is 10.1 Å². The van der Waals surface area contributed by atoms with Gasteiger partial charge >= 0.3 is 0 Å². The lowest BCUT2D eigenvalue weighted by Gasteiger charge is -2.27. The van der Waals surface area contributed by atoms with Crippen LogP contribution in [0, 0.1) is 0 Å². The lowest BCUT2D eigenvalue weighted by atomic mass is 9.99. The number of hydrogen-bond donors (Lipinski definition) is 1. The van der Waals surface area contributed by atoms with E-state index in [0.717, 1.165) is 38.2 Å². The van der Waals surface area contributed by atoms with Crippen LogP contribution in [0.4, 0.5) is 0 Å². The Kier molecular flexibility index (Phi) is 6.64. The minimum Gasteiger partial charge on any atom is -0.378 e. The van der Waals surface area contributed by atoms with Gasteiger partial charge in [0.05, 0.1) is 6.10 Å². The highest BCUT2D eigenvalue weighted by molar-refractivity contribution is 4.92. The predicted molar refractivity (Wildman–Crippen MR) is 84.4 cm³/mol. The quantitative estimate of drug-likeness (QED) is 0.801. The van der Waals surface area contributed by atoms with E-state index >= 15 is 0 Å². The van der Waals surface area contributed by atoms with E-state index in [1.165, 1.54) is 19.3 Å². The largest absolute Gasteiger partial charge is 0.378 e. The molecular weight excluding hydrogens is 264 g/mol. The highest BCUT2D eigenvalue weighted by atomic mass is 16.5. The molecule has 2 unspecified atom stereocenters. The molecule has 2 rings (SSSR count). The summed E-state index contributed by atoms with van der Waals surface area (Å²) in [6.45, 7) is 8.48. The third-order valence-corrected chi connectivity index (χ3v) is 4.07. The van der Waals surface area contributed by atoms with E-state index in [-0.39, 0.29) is 0 Å². The molecule has 0 spiro atoms. The van der Waals surface area contributed by atoms with Gasteiger partial charge in [0.1, 0.15) is 12.2 Å². The van der Waals surface area contributed by atoms with E-state index in [9.17, 15) is 0 Å². The highest BCUT2D eigenvalue weighted by Gasteiger charge is 2.21. The lowest BCUT2D eigenvalue weighted by Crippen LogP contribution is -2.37. The average Bonchev–Trinajstić information content (AvgIpc) is 2.94. The van der Waals surface area contributed by atoms with Crippen molar-refractivity contribution in [2.45, 2.75) is 77.5 Å². The van der Waals surface area contributed by atoms with Gasteiger partial charge in [-0.25, -0.2) is 9.67 Å². The fourth-order valence-electron chi connectivity index (χ4n) is 2.97. The van der Waals surface area contributed by atoms with Crippen molar-refractivity contribution in [3.63, 3.8) is 0 Å². The van der Waals surface area contributed by atoms with Crippen molar-refractivity contribution in [3.05, 3.63) is 12.2 Å². The summed E-state index contributed by atoms with van der Waals surface area (Å²) in [5, 5.41) is 8.00. The molecule has 1 aromatic heterocycles. The monoisotopic (exact) mass is 294 g/mol. The number of hydrogen-bond acceptors (Lipinski definition) is 4. The smallest absolute Gasteiger partial charge is 0.138 e. The number of aromatic nitrogens is 3. The molecule has 21 heavy (non-hydrogen) atoms. The van der Waals surface area contributed by atoms with Gasteiger partial charge in [-0.2, -0.15) is 5.10 Å². The van der Waals surface area contributed by atoms with Crippen LogP contribution in [0.2, 0.25) is 0 Å². The minimum absolute atomic E-state index is 0.361. The van der Waals surface area contributed by atoms with Crippen molar-refractivity contribution in [1.29, 1.82) is 0 Å². The van der Waals surface area contributed by atoms with E-state index in [0.29, 0.717) is 18.2 Å². The Labute approximate surface area is 128 Å². The Morgan fingerprint density at radius 1 is 1.43 bits per heavy atom. The Morgan fingerprint density at radius 3 is 2.95 bits per heavy atom. The Morgan fingerprint density at radius 2 is 2.29 bits per heavy atom. The zero-order chi connectivity index (χ0) is 15.1. The molecule has 2 atom stereocenters. The average molecular weight is 294 g/mol. The first kappa shape index (κ1) is 16.4. The fraction of sp³-hybridized carbons (Fsp3) is 0.875. The van der Waals surface area contributed by atoms with Crippen LogP contribution in [0.15, 0.2) is 6.33 Å². The molecule has 1 N–H and O–H groups in total. The van der Waals surface area contributed by atoms with Gasteiger partial charge in [0.15, 0.2) is 0 Å². The molecule has 1 aromatic rings. The fourth-order valence-corrected chi connectivity index (χ4v) is 2.97. The molecule has 2 heterocycles. The van der Waals surface area contributed by atoms with E-state index in [4.69, 9.17) is 4.74 Å². The number of nitrogens with one attached hydrogen (secondary N) is 1. The molecular formula is C16H30N4O. The van der Waals surface area contributed by atoms with Gasteiger partial charge in [0.25, 0.3) is 0 Å². The molecule has 5 nitrogen and oxygen atoms in total. The standard InChI is InChI=1S/C16H30N4O/c1-4-8-17-14(10-15-7-5-6-9-21-15)11-16-18-12-19-20(16)13(2)3/h12-15,17H,4-11H2,1-3H3. The van der Waals surface area contributed by atoms with Crippen LogP contribution < -0.4 is 5.32 Å². The minimum atomic E-state index is 0.361. The summed E-state index contributed by atoms with van der Waals surface area (Å²) in [5.74, 6) is 1.08. The number of ether oxygens (including phenoxy) is 1. The van der Waals surface area contributed by atoms with Crippen molar-refractivity contribution in [1.82, 2.24) is 20.1 Å². The topological polar surface area (TPSA) is 52.0 Å². The summed E-state index contributed by atoms with van der Waals surface area (Å²) in [7, 11) is 0. The van der Waals surface area contributed by atoms with Crippen molar-refractivity contribution in [3.8, 4) is 0 Å². The Hall–Kier alpha value is -0.940. The van der Waals surface area contributed by atoms with Crippen LogP contribution in [0.1, 0.15) is 64.7 Å². The summed E-state index contributed by atoms with van der Waals surface area (Å²) in [5.41, 5.74) is 0. The van der Waals surface area contributed by atoms with Crippen LogP contribution >= 0.6 is 0 Å². The molecule has 5 heteroatoms. The van der Waals surface area contributed by atoms with Crippen LogP contribution in [0.3, 0.4) is 0 Å². The maximum absolute atomic E-state index is 5.90. The first-order chi connectivity index (χ1) is 10.2. The maximum atomic E-state index is 5.90. The summed E-state index contributed by atoms with van der Waals surface area (Å²) < 4.78 is 7.93. The third-order valence-electron chi connectivity index (χ3n) is 4.07. The van der Waals surface area contributed by atoms with Gasteiger partial charge in [-0.1, -0.05) is 6.92 Å². The van der Waals surface area contributed by atoms with Gasteiger partial charge in [0, 0.05) is 25.1 Å². The third kappa shape index (κ3) is 5.08. The summed E-state index contributed by atoms with van der Waals surface area (Å²) >= 11 is 0. The normalized spacial score (nSPS) is 20.9. The summed E-state index contributed by atoms with van der Waals surface area (Å²) in [6.07, 6.45) is 8.94.